The lowest BCUT2D eigenvalue weighted by Crippen LogP contribution is -2.46. The highest BCUT2D eigenvalue weighted by molar-refractivity contribution is 5.78. The van der Waals surface area contributed by atoms with Crippen molar-refractivity contribution in [2.75, 3.05) is 20.3 Å². The zero-order chi connectivity index (χ0) is 13.3. The zero-order valence-electron chi connectivity index (χ0n) is 11.8. The molecule has 1 aliphatic heterocycles. The molecule has 2 saturated carbocycles. The Balaban J connectivity index is 1.61. The monoisotopic (exact) mass is 263 g/mol. The summed E-state index contributed by atoms with van der Waals surface area (Å²) in [4.78, 5) is 5.46. The van der Waals surface area contributed by atoms with E-state index in [1.807, 2.05) is 21.0 Å². The Labute approximate surface area is 113 Å². The Kier molecular flexibility index (Phi) is 2.26. The average molecular weight is 263 g/mol. The number of methoxy groups -OCH3 is 1. The second-order valence-corrected chi connectivity index (χ2v) is 6.51. The van der Waals surface area contributed by atoms with Crippen LogP contribution in [-0.2, 0) is 14.3 Å². The van der Waals surface area contributed by atoms with E-state index in [0.717, 1.165) is 12.3 Å². The molecule has 0 aromatic heterocycles. The quantitative estimate of drug-likeness (QED) is 0.442. The van der Waals surface area contributed by atoms with E-state index in [0.29, 0.717) is 24.4 Å². The van der Waals surface area contributed by atoms with Crippen molar-refractivity contribution in [3.05, 3.63) is 12.2 Å². The summed E-state index contributed by atoms with van der Waals surface area (Å²) in [5, 5.41) is 4.04. The summed E-state index contributed by atoms with van der Waals surface area (Å²) in [6.07, 6.45) is 6.02. The molecule has 6 atom stereocenters. The Morgan fingerprint density at radius 2 is 2.32 bits per heavy atom. The highest BCUT2D eigenvalue weighted by Gasteiger charge is 2.85. The van der Waals surface area contributed by atoms with E-state index in [4.69, 9.17) is 14.3 Å². The molecule has 0 bridgehead atoms. The van der Waals surface area contributed by atoms with Crippen LogP contribution in [0.15, 0.2) is 17.3 Å². The van der Waals surface area contributed by atoms with Crippen LogP contribution in [0.5, 0.6) is 0 Å². The molecule has 0 aromatic rings. The van der Waals surface area contributed by atoms with E-state index < -0.39 is 0 Å². The van der Waals surface area contributed by atoms with Crippen molar-refractivity contribution in [3.63, 3.8) is 0 Å². The van der Waals surface area contributed by atoms with Gasteiger partial charge in [-0.25, -0.2) is 0 Å². The van der Waals surface area contributed by atoms with Gasteiger partial charge in [-0.1, -0.05) is 17.3 Å². The van der Waals surface area contributed by atoms with Crippen molar-refractivity contribution in [1.82, 2.24) is 0 Å². The molecule has 4 aliphatic rings. The van der Waals surface area contributed by atoms with Crippen molar-refractivity contribution in [3.8, 4) is 0 Å². The van der Waals surface area contributed by atoms with Gasteiger partial charge in [-0.15, -0.1) is 0 Å². The third-order valence-electron chi connectivity index (χ3n) is 5.68. The molecule has 4 heteroatoms. The summed E-state index contributed by atoms with van der Waals surface area (Å²) in [5.74, 6) is 1.90. The SMILES string of the molecule is COC12[C@@H]3C[C@@H]4CO[C@@H](CON=C(C)C)[C@@]41C=C[C@@H]32. The second kappa shape index (κ2) is 3.61. The van der Waals surface area contributed by atoms with Crippen molar-refractivity contribution in [1.29, 1.82) is 0 Å². The van der Waals surface area contributed by atoms with Gasteiger partial charge in [-0.05, 0) is 32.1 Å². The molecular formula is C15H21NO3. The summed E-state index contributed by atoms with van der Waals surface area (Å²) < 4.78 is 12.0. The molecule has 0 N–H and O–H groups in total. The maximum atomic E-state index is 6.02. The second-order valence-electron chi connectivity index (χ2n) is 6.51. The van der Waals surface area contributed by atoms with Crippen LogP contribution in [0.1, 0.15) is 20.3 Å². The first-order valence-electron chi connectivity index (χ1n) is 7.16. The van der Waals surface area contributed by atoms with Gasteiger partial charge in [0, 0.05) is 13.0 Å². The predicted molar refractivity (Wildman–Crippen MR) is 70.9 cm³/mol. The van der Waals surface area contributed by atoms with Gasteiger partial charge < -0.3 is 14.3 Å². The van der Waals surface area contributed by atoms with Crippen LogP contribution in [0.3, 0.4) is 0 Å². The third-order valence-corrected chi connectivity index (χ3v) is 5.68. The van der Waals surface area contributed by atoms with E-state index in [1.54, 1.807) is 0 Å². The fourth-order valence-electron chi connectivity index (χ4n) is 5.10. The van der Waals surface area contributed by atoms with Gasteiger partial charge in [0.1, 0.15) is 12.7 Å². The minimum atomic E-state index is 0.00711. The summed E-state index contributed by atoms with van der Waals surface area (Å²) in [6, 6.07) is 0. The molecule has 1 saturated heterocycles. The number of hydrogen-bond acceptors (Lipinski definition) is 4. The third kappa shape index (κ3) is 1.16. The number of hydrogen-bond donors (Lipinski definition) is 0. The molecule has 1 heterocycles. The van der Waals surface area contributed by atoms with Gasteiger partial charge in [-0.2, -0.15) is 0 Å². The van der Waals surface area contributed by atoms with Crippen molar-refractivity contribution in [2.24, 2.45) is 28.3 Å². The number of oxime groups is 1. The first kappa shape index (κ1) is 11.9. The Hall–Kier alpha value is -0.870. The number of nitrogens with zero attached hydrogens (tertiary/aromatic N) is 1. The summed E-state index contributed by atoms with van der Waals surface area (Å²) in [7, 11) is 1.86. The molecule has 0 amide bonds. The van der Waals surface area contributed by atoms with E-state index in [-0.39, 0.29) is 17.1 Å². The molecule has 3 fully saturated rings. The molecule has 4 nitrogen and oxygen atoms in total. The van der Waals surface area contributed by atoms with Crippen molar-refractivity contribution < 1.29 is 14.3 Å². The average Bonchev–Trinajstić information content (AvgIpc) is 2.63. The molecule has 104 valence electrons. The fourth-order valence-corrected chi connectivity index (χ4v) is 5.10. The van der Waals surface area contributed by atoms with Crippen LogP contribution >= 0.6 is 0 Å². The van der Waals surface area contributed by atoms with Crippen LogP contribution in [0.4, 0.5) is 0 Å². The van der Waals surface area contributed by atoms with Crippen LogP contribution in [0.2, 0.25) is 0 Å². The van der Waals surface area contributed by atoms with Crippen LogP contribution in [-0.4, -0.2) is 37.7 Å². The minimum absolute atomic E-state index is 0.00711. The molecule has 0 aromatic carbocycles. The Bertz CT molecular complexity index is 470. The van der Waals surface area contributed by atoms with Crippen molar-refractivity contribution in [2.45, 2.75) is 32.0 Å². The standard InChI is InChI=1S/C15H21NO3/c1-9(2)16-19-8-13-14-5-4-11-12(15(11,14)17-3)6-10(14)7-18-13/h4-5,10-13H,6-8H2,1-3H3/t10-,11+,12-,13+,14-,15?/m1/s1. The van der Waals surface area contributed by atoms with Crippen LogP contribution in [0, 0.1) is 23.2 Å². The highest BCUT2D eigenvalue weighted by atomic mass is 16.6. The normalized spacial score (nSPS) is 51.9. The topological polar surface area (TPSA) is 40.0 Å². The van der Waals surface area contributed by atoms with Crippen LogP contribution in [0.25, 0.3) is 0 Å². The lowest BCUT2D eigenvalue weighted by atomic mass is 9.72. The van der Waals surface area contributed by atoms with E-state index >= 15 is 0 Å². The smallest absolute Gasteiger partial charge is 0.144 e. The first-order valence-corrected chi connectivity index (χ1v) is 7.16. The molecule has 1 unspecified atom stereocenters. The molecule has 19 heavy (non-hydrogen) atoms. The predicted octanol–water partition coefficient (Wildman–Crippen LogP) is 2.00. The van der Waals surface area contributed by atoms with Gasteiger partial charge in [0.25, 0.3) is 0 Å². The van der Waals surface area contributed by atoms with Gasteiger partial charge in [0.2, 0.25) is 0 Å². The first-order chi connectivity index (χ1) is 9.16. The van der Waals surface area contributed by atoms with Gasteiger partial charge >= 0.3 is 0 Å². The maximum absolute atomic E-state index is 6.02. The Morgan fingerprint density at radius 3 is 3.05 bits per heavy atom. The molecule has 4 rings (SSSR count). The van der Waals surface area contributed by atoms with E-state index in [1.165, 1.54) is 6.42 Å². The van der Waals surface area contributed by atoms with E-state index in [2.05, 4.69) is 17.3 Å². The molecule has 0 radical (unpaired) electrons. The lowest BCUT2D eigenvalue weighted by Gasteiger charge is -2.36. The van der Waals surface area contributed by atoms with Gasteiger partial charge in [0.05, 0.1) is 23.3 Å². The summed E-state index contributed by atoms with van der Waals surface area (Å²) >= 11 is 0. The van der Waals surface area contributed by atoms with E-state index in [9.17, 15) is 0 Å². The number of ether oxygens (including phenoxy) is 2. The molecular weight excluding hydrogens is 242 g/mol. The van der Waals surface area contributed by atoms with Gasteiger partial charge in [0.15, 0.2) is 0 Å². The fraction of sp³-hybridized carbons (Fsp3) is 0.800. The maximum Gasteiger partial charge on any atom is 0.144 e. The van der Waals surface area contributed by atoms with Gasteiger partial charge in [-0.3, -0.25) is 0 Å². The lowest BCUT2D eigenvalue weighted by molar-refractivity contribution is -0.0800. The number of fused-ring (bicyclic) bond motifs is 1. The molecule has 3 aliphatic carbocycles. The minimum Gasteiger partial charge on any atom is -0.393 e. The Morgan fingerprint density at radius 1 is 1.47 bits per heavy atom. The van der Waals surface area contributed by atoms with Crippen molar-refractivity contribution >= 4 is 5.71 Å². The molecule has 1 spiro atoms. The largest absolute Gasteiger partial charge is 0.393 e. The number of rotatable bonds is 4. The zero-order valence-corrected chi connectivity index (χ0v) is 11.8. The summed E-state index contributed by atoms with van der Waals surface area (Å²) in [6.45, 7) is 5.23. The summed E-state index contributed by atoms with van der Waals surface area (Å²) in [5.41, 5.74) is 0.977. The van der Waals surface area contributed by atoms with Crippen LogP contribution < -0.4 is 0 Å². The highest BCUT2D eigenvalue weighted by Crippen LogP contribution is 2.80.